The van der Waals surface area contributed by atoms with Crippen LogP contribution < -0.4 is 4.74 Å². The molecule has 0 spiro atoms. The average Bonchev–Trinajstić information content (AvgIpc) is 3.18. The summed E-state index contributed by atoms with van der Waals surface area (Å²) in [6.07, 6.45) is -4.22. The number of rotatable bonds is 7. The van der Waals surface area contributed by atoms with Gasteiger partial charge in [0.2, 0.25) is 17.7 Å². The number of hydrogen-bond donors (Lipinski definition) is 0. The molecule has 2 heterocycles. The summed E-state index contributed by atoms with van der Waals surface area (Å²) in [6.45, 7) is 5.17. The first-order valence-corrected chi connectivity index (χ1v) is 9.67. The van der Waals surface area contributed by atoms with E-state index in [0.29, 0.717) is 35.8 Å². The van der Waals surface area contributed by atoms with Crippen LogP contribution in [-0.4, -0.2) is 45.2 Å². The Morgan fingerprint density at radius 1 is 1.25 bits per heavy atom. The Kier molecular flexibility index (Phi) is 6.75. The minimum absolute atomic E-state index is 0.184. The predicted molar refractivity (Wildman–Crippen MR) is 105 cm³/mol. The molecule has 32 heavy (non-hydrogen) atoms. The second kappa shape index (κ2) is 9.33. The van der Waals surface area contributed by atoms with E-state index in [1.54, 1.807) is 45.0 Å². The first kappa shape index (κ1) is 23.2. The van der Waals surface area contributed by atoms with Gasteiger partial charge in [-0.05, 0) is 32.0 Å². The van der Waals surface area contributed by atoms with Gasteiger partial charge in [-0.25, -0.2) is 9.37 Å². The molecule has 0 aliphatic heterocycles. The molecule has 0 aliphatic carbocycles. The molecular weight excluding hydrogens is 432 g/mol. The summed E-state index contributed by atoms with van der Waals surface area (Å²) in [7, 11) is 0. The summed E-state index contributed by atoms with van der Waals surface area (Å²) in [6, 6.07) is 6.48. The van der Waals surface area contributed by atoms with Crippen LogP contribution in [0.3, 0.4) is 0 Å². The van der Waals surface area contributed by atoms with E-state index in [1.165, 1.54) is 4.90 Å². The third-order valence-corrected chi connectivity index (χ3v) is 4.64. The molecule has 0 radical (unpaired) electrons. The van der Waals surface area contributed by atoms with Crippen LogP contribution in [0, 0.1) is 12.7 Å². The number of ether oxygens (including phenoxy) is 1. The van der Waals surface area contributed by atoms with Crippen molar-refractivity contribution in [3.05, 3.63) is 59.4 Å². The molecule has 170 valence electrons. The highest BCUT2D eigenvalue weighted by atomic mass is 19.4. The van der Waals surface area contributed by atoms with Crippen molar-refractivity contribution in [1.82, 2.24) is 20.1 Å². The van der Waals surface area contributed by atoms with E-state index in [-0.39, 0.29) is 18.4 Å². The average molecular weight is 452 g/mol. The molecular formula is C21H20F4N4O3. The molecule has 3 aromatic rings. The molecule has 0 unspecified atom stereocenters. The van der Waals surface area contributed by atoms with E-state index in [9.17, 15) is 22.4 Å². The first-order chi connectivity index (χ1) is 15.1. The predicted octanol–water partition coefficient (Wildman–Crippen LogP) is 4.53. The van der Waals surface area contributed by atoms with Gasteiger partial charge in [0.05, 0.1) is 22.7 Å². The van der Waals surface area contributed by atoms with Crippen molar-refractivity contribution in [3.8, 4) is 17.3 Å². The smallest absolute Gasteiger partial charge is 0.417 e. The van der Waals surface area contributed by atoms with Crippen LogP contribution in [0.5, 0.6) is 5.88 Å². The minimum Gasteiger partial charge on any atom is -0.473 e. The molecule has 1 aromatic carbocycles. The Balaban J connectivity index is 1.76. The van der Waals surface area contributed by atoms with Crippen molar-refractivity contribution in [2.24, 2.45) is 0 Å². The van der Waals surface area contributed by atoms with Crippen molar-refractivity contribution >= 4 is 5.91 Å². The molecule has 2 aromatic heterocycles. The van der Waals surface area contributed by atoms with Gasteiger partial charge in [0.1, 0.15) is 6.61 Å². The molecule has 11 heteroatoms. The molecule has 0 aliphatic rings. The number of nitrogens with zero attached hydrogens (tertiary/aromatic N) is 4. The number of carbonyl (C=O) groups excluding carboxylic acids is 1. The molecule has 1 amide bonds. The van der Waals surface area contributed by atoms with Crippen molar-refractivity contribution in [1.29, 1.82) is 0 Å². The van der Waals surface area contributed by atoms with E-state index < -0.39 is 29.5 Å². The maximum atomic E-state index is 14.0. The molecule has 0 saturated heterocycles. The number of aromatic nitrogens is 3. The Morgan fingerprint density at radius 2 is 1.97 bits per heavy atom. The Labute approximate surface area is 181 Å². The van der Waals surface area contributed by atoms with Crippen LogP contribution in [0.1, 0.15) is 35.7 Å². The van der Waals surface area contributed by atoms with E-state index in [1.807, 2.05) is 0 Å². The Morgan fingerprint density at radius 3 is 2.56 bits per heavy atom. The van der Waals surface area contributed by atoms with E-state index in [4.69, 9.17) is 9.15 Å². The summed E-state index contributed by atoms with van der Waals surface area (Å²) in [4.78, 5) is 18.1. The van der Waals surface area contributed by atoms with Crippen molar-refractivity contribution in [2.45, 2.75) is 33.0 Å². The van der Waals surface area contributed by atoms with Gasteiger partial charge in [0, 0.05) is 19.7 Å². The van der Waals surface area contributed by atoms with Gasteiger partial charge in [0.15, 0.2) is 5.82 Å². The normalized spacial score (nSPS) is 12.5. The fraction of sp³-hybridized carbons (Fsp3) is 0.333. The number of halogens is 4. The summed E-state index contributed by atoms with van der Waals surface area (Å²) in [5, 5.41) is 7.74. The highest BCUT2D eigenvalue weighted by molar-refractivity contribution is 6.00. The molecule has 7 nitrogen and oxygen atoms in total. The summed E-state index contributed by atoms with van der Waals surface area (Å²) in [5.74, 6) is -1.62. The van der Waals surface area contributed by atoms with E-state index >= 15 is 0 Å². The van der Waals surface area contributed by atoms with Crippen LogP contribution in [0.4, 0.5) is 17.6 Å². The highest BCUT2D eigenvalue weighted by Gasteiger charge is 2.32. The van der Waals surface area contributed by atoms with Crippen molar-refractivity contribution in [2.75, 3.05) is 13.2 Å². The van der Waals surface area contributed by atoms with Gasteiger partial charge >= 0.3 is 6.18 Å². The molecule has 0 fully saturated rings. The molecule has 3 rings (SSSR count). The van der Waals surface area contributed by atoms with Crippen molar-refractivity contribution in [3.63, 3.8) is 0 Å². The van der Waals surface area contributed by atoms with Crippen LogP contribution in [0.2, 0.25) is 0 Å². The first-order valence-electron chi connectivity index (χ1n) is 9.67. The van der Waals surface area contributed by atoms with Crippen molar-refractivity contribution < 1.29 is 31.5 Å². The number of alkyl halides is 3. The van der Waals surface area contributed by atoms with Crippen LogP contribution >= 0.6 is 0 Å². The summed E-state index contributed by atoms with van der Waals surface area (Å²) < 4.78 is 62.7. The van der Waals surface area contributed by atoms with Gasteiger partial charge < -0.3 is 14.1 Å². The number of benzene rings is 1. The number of carbonyl (C=O) groups is 1. The van der Waals surface area contributed by atoms with E-state index in [2.05, 4.69) is 15.2 Å². The second-order valence-electron chi connectivity index (χ2n) is 6.93. The third kappa shape index (κ3) is 5.04. The Bertz CT molecular complexity index is 1100. The quantitative estimate of drug-likeness (QED) is 0.490. The zero-order valence-corrected chi connectivity index (χ0v) is 17.5. The molecule has 1 atom stereocenters. The number of likely N-dealkylation sites (N-methyl/N-ethyl adjacent to an activating group) is 1. The number of amides is 1. The van der Waals surface area contributed by atoms with Gasteiger partial charge in [-0.15, -0.1) is 10.2 Å². The highest BCUT2D eigenvalue weighted by Crippen LogP contribution is 2.30. The number of pyridine rings is 1. The molecule has 0 saturated carbocycles. The fourth-order valence-electron chi connectivity index (χ4n) is 3.05. The van der Waals surface area contributed by atoms with Gasteiger partial charge in [-0.1, -0.05) is 12.1 Å². The fourth-order valence-corrected chi connectivity index (χ4v) is 3.05. The zero-order chi connectivity index (χ0) is 23.5. The Hall–Kier alpha value is -3.50. The van der Waals surface area contributed by atoms with Gasteiger partial charge in [-0.2, -0.15) is 13.2 Å². The third-order valence-electron chi connectivity index (χ3n) is 4.64. The standard InChI is InChI=1S/C21H20F4N4O3/c1-4-29(12(2)11-31-19-17(22)9-14(10-26-19)21(23,24)25)20(30)16-8-6-5-7-15(16)18-28-27-13(3)32-18/h5-10,12H,4,11H2,1-3H3/t12-/m0/s1. The van der Waals surface area contributed by atoms with E-state index in [0.717, 1.165) is 0 Å². The summed E-state index contributed by atoms with van der Waals surface area (Å²) >= 11 is 0. The van der Waals surface area contributed by atoms with Crippen LogP contribution in [0.15, 0.2) is 40.9 Å². The maximum absolute atomic E-state index is 14.0. The number of hydrogen-bond acceptors (Lipinski definition) is 6. The molecule has 0 bridgehead atoms. The SMILES string of the molecule is CCN(C(=O)c1ccccc1-c1nnc(C)o1)[C@@H](C)COc1ncc(C(F)(F)F)cc1F. The lowest BCUT2D eigenvalue weighted by molar-refractivity contribution is -0.138. The lowest BCUT2D eigenvalue weighted by atomic mass is 10.1. The lowest BCUT2D eigenvalue weighted by Crippen LogP contribution is -2.42. The van der Waals surface area contributed by atoms with Gasteiger partial charge in [0.25, 0.3) is 5.91 Å². The minimum atomic E-state index is -4.71. The maximum Gasteiger partial charge on any atom is 0.417 e. The van der Waals surface area contributed by atoms with Crippen LogP contribution in [0.25, 0.3) is 11.5 Å². The zero-order valence-electron chi connectivity index (χ0n) is 17.5. The monoisotopic (exact) mass is 452 g/mol. The van der Waals surface area contributed by atoms with Crippen LogP contribution in [-0.2, 0) is 6.18 Å². The number of aryl methyl sites for hydroxylation is 1. The summed E-state index contributed by atoms with van der Waals surface area (Å²) in [5.41, 5.74) is -0.433. The molecule has 0 N–H and O–H groups in total. The topological polar surface area (TPSA) is 81.4 Å². The largest absolute Gasteiger partial charge is 0.473 e. The van der Waals surface area contributed by atoms with Gasteiger partial charge in [-0.3, -0.25) is 4.79 Å². The second-order valence-corrected chi connectivity index (χ2v) is 6.93. The lowest BCUT2D eigenvalue weighted by Gasteiger charge is -2.28.